The van der Waals surface area contributed by atoms with E-state index in [4.69, 9.17) is 10.5 Å². The SMILES string of the molecule is CCOC1CC(N)(C(=O)N2CCC(N(C)c3ccccc3)CC2)C1(C)C. The molecule has 0 bridgehead atoms. The zero-order chi connectivity index (χ0) is 18.9. The van der Waals surface area contributed by atoms with E-state index < -0.39 is 5.54 Å². The Hall–Kier alpha value is -1.59. The topological polar surface area (TPSA) is 58.8 Å². The quantitative estimate of drug-likeness (QED) is 0.878. The third kappa shape index (κ3) is 3.12. The Morgan fingerprint density at radius 3 is 2.42 bits per heavy atom. The van der Waals surface area contributed by atoms with Crippen molar-refractivity contribution in [2.24, 2.45) is 11.1 Å². The third-order valence-electron chi connectivity index (χ3n) is 6.67. The van der Waals surface area contributed by atoms with Gasteiger partial charge in [-0.1, -0.05) is 32.0 Å². The van der Waals surface area contributed by atoms with E-state index >= 15 is 0 Å². The fraction of sp³-hybridized carbons (Fsp3) is 0.667. The normalized spacial score (nSPS) is 28.5. The lowest BCUT2D eigenvalue weighted by molar-refractivity contribution is -0.180. The molecule has 1 heterocycles. The number of anilines is 1. The van der Waals surface area contributed by atoms with Crippen LogP contribution in [0.5, 0.6) is 0 Å². The first-order chi connectivity index (χ1) is 12.3. The predicted octanol–water partition coefficient (Wildman–Crippen LogP) is 2.65. The van der Waals surface area contributed by atoms with Crippen molar-refractivity contribution in [3.63, 3.8) is 0 Å². The first kappa shape index (κ1) is 19.2. The first-order valence-corrected chi connectivity index (χ1v) is 9.79. The largest absolute Gasteiger partial charge is 0.378 e. The summed E-state index contributed by atoms with van der Waals surface area (Å²) in [5.41, 5.74) is 6.69. The van der Waals surface area contributed by atoms with E-state index in [0.717, 1.165) is 25.9 Å². The van der Waals surface area contributed by atoms with Gasteiger partial charge in [0.05, 0.1) is 6.10 Å². The fourth-order valence-corrected chi connectivity index (χ4v) is 4.41. The van der Waals surface area contributed by atoms with Crippen LogP contribution in [-0.2, 0) is 9.53 Å². The zero-order valence-electron chi connectivity index (χ0n) is 16.6. The standard InChI is InChI=1S/C21H33N3O2/c1-5-26-18-15-21(22,20(18,2)3)19(25)24-13-11-17(12-14-24)23(4)16-9-7-6-8-10-16/h6-10,17-18H,5,11-15,22H2,1-4H3. The molecule has 3 rings (SSSR count). The third-order valence-corrected chi connectivity index (χ3v) is 6.67. The summed E-state index contributed by atoms with van der Waals surface area (Å²) in [5.74, 6) is 0.0965. The van der Waals surface area contributed by atoms with E-state index in [1.54, 1.807) is 0 Å². The van der Waals surface area contributed by atoms with Crippen LogP contribution >= 0.6 is 0 Å². The minimum absolute atomic E-state index is 0.0724. The Kier molecular flexibility index (Phi) is 5.31. The van der Waals surface area contributed by atoms with Crippen molar-refractivity contribution in [3.8, 4) is 0 Å². The number of para-hydroxylation sites is 1. The van der Waals surface area contributed by atoms with Crippen LogP contribution in [0.2, 0.25) is 0 Å². The maximum Gasteiger partial charge on any atom is 0.243 e. The molecule has 0 spiro atoms. The van der Waals surface area contributed by atoms with Crippen molar-refractivity contribution < 1.29 is 9.53 Å². The lowest BCUT2D eigenvalue weighted by atomic mass is 9.54. The molecule has 2 aliphatic rings. The summed E-state index contributed by atoms with van der Waals surface area (Å²) in [5, 5.41) is 0. The Morgan fingerprint density at radius 1 is 1.27 bits per heavy atom. The van der Waals surface area contributed by atoms with Crippen LogP contribution in [-0.4, -0.2) is 55.2 Å². The average molecular weight is 360 g/mol. The van der Waals surface area contributed by atoms with Gasteiger partial charge in [0.15, 0.2) is 0 Å². The minimum atomic E-state index is -0.801. The summed E-state index contributed by atoms with van der Waals surface area (Å²) in [6, 6.07) is 10.9. The van der Waals surface area contributed by atoms with Gasteiger partial charge in [-0.3, -0.25) is 4.79 Å². The van der Waals surface area contributed by atoms with E-state index in [1.807, 2.05) is 17.9 Å². The van der Waals surface area contributed by atoms with Crippen molar-refractivity contribution in [3.05, 3.63) is 30.3 Å². The molecule has 26 heavy (non-hydrogen) atoms. The second-order valence-electron chi connectivity index (χ2n) is 8.31. The smallest absolute Gasteiger partial charge is 0.243 e. The number of hydrogen-bond acceptors (Lipinski definition) is 4. The van der Waals surface area contributed by atoms with Crippen LogP contribution in [0.15, 0.2) is 30.3 Å². The number of carbonyl (C=O) groups excluding carboxylic acids is 1. The van der Waals surface area contributed by atoms with Crippen molar-refractivity contribution >= 4 is 11.6 Å². The summed E-state index contributed by atoms with van der Waals surface area (Å²) in [4.78, 5) is 17.4. The fourth-order valence-electron chi connectivity index (χ4n) is 4.41. The molecular weight excluding hydrogens is 326 g/mol. The van der Waals surface area contributed by atoms with Gasteiger partial charge in [0, 0.05) is 50.3 Å². The number of hydrogen-bond donors (Lipinski definition) is 1. The highest BCUT2D eigenvalue weighted by Gasteiger charge is 2.63. The molecule has 1 aliphatic heterocycles. The molecule has 2 N–H and O–H groups in total. The molecule has 1 aromatic rings. The summed E-state index contributed by atoms with van der Waals surface area (Å²) < 4.78 is 5.77. The molecule has 2 fully saturated rings. The van der Waals surface area contributed by atoms with E-state index in [-0.39, 0.29) is 17.4 Å². The Bertz CT molecular complexity index is 625. The summed E-state index contributed by atoms with van der Waals surface area (Å²) in [6.07, 6.45) is 2.64. The van der Waals surface area contributed by atoms with Gasteiger partial charge in [0.2, 0.25) is 5.91 Å². The van der Waals surface area contributed by atoms with Crippen molar-refractivity contribution in [2.75, 3.05) is 31.6 Å². The Balaban J connectivity index is 1.59. The molecule has 5 heteroatoms. The number of carbonyl (C=O) groups is 1. The second kappa shape index (κ2) is 7.20. The number of rotatable bonds is 5. The van der Waals surface area contributed by atoms with Crippen molar-refractivity contribution in [1.82, 2.24) is 4.90 Å². The van der Waals surface area contributed by atoms with Gasteiger partial charge in [0.1, 0.15) is 5.54 Å². The molecule has 0 aromatic heterocycles. The van der Waals surface area contributed by atoms with Gasteiger partial charge < -0.3 is 20.3 Å². The summed E-state index contributed by atoms with van der Waals surface area (Å²) >= 11 is 0. The van der Waals surface area contributed by atoms with Crippen molar-refractivity contribution in [1.29, 1.82) is 0 Å². The lowest BCUT2D eigenvalue weighted by Crippen LogP contribution is -2.76. The van der Waals surface area contributed by atoms with E-state index in [9.17, 15) is 4.79 Å². The van der Waals surface area contributed by atoms with Crippen LogP contribution in [0.25, 0.3) is 0 Å². The molecule has 1 saturated heterocycles. The molecule has 1 aromatic carbocycles. The van der Waals surface area contributed by atoms with E-state index in [1.165, 1.54) is 5.69 Å². The van der Waals surface area contributed by atoms with Crippen LogP contribution < -0.4 is 10.6 Å². The molecule has 2 atom stereocenters. The molecule has 1 amide bonds. The van der Waals surface area contributed by atoms with Crippen molar-refractivity contribution in [2.45, 2.75) is 57.7 Å². The molecule has 0 radical (unpaired) electrons. The van der Waals surface area contributed by atoms with Crippen LogP contribution in [0.4, 0.5) is 5.69 Å². The average Bonchev–Trinajstić information content (AvgIpc) is 2.67. The number of amides is 1. The van der Waals surface area contributed by atoms with Gasteiger partial charge in [-0.05, 0) is 31.9 Å². The Morgan fingerprint density at radius 2 is 1.88 bits per heavy atom. The number of ether oxygens (including phenoxy) is 1. The minimum Gasteiger partial charge on any atom is -0.378 e. The van der Waals surface area contributed by atoms with Crippen LogP contribution in [0.1, 0.15) is 40.0 Å². The summed E-state index contributed by atoms with van der Waals surface area (Å²) in [7, 11) is 2.14. The highest BCUT2D eigenvalue weighted by atomic mass is 16.5. The molecule has 5 nitrogen and oxygen atoms in total. The zero-order valence-corrected chi connectivity index (χ0v) is 16.6. The van der Waals surface area contributed by atoms with E-state index in [0.29, 0.717) is 19.1 Å². The van der Waals surface area contributed by atoms with Gasteiger partial charge in [-0.15, -0.1) is 0 Å². The highest BCUT2D eigenvalue weighted by molar-refractivity contribution is 5.89. The molecule has 1 saturated carbocycles. The number of benzene rings is 1. The number of nitrogens with two attached hydrogens (primary N) is 1. The monoisotopic (exact) mass is 359 g/mol. The second-order valence-corrected chi connectivity index (χ2v) is 8.31. The molecule has 1 aliphatic carbocycles. The van der Waals surface area contributed by atoms with Crippen LogP contribution in [0, 0.1) is 5.41 Å². The lowest BCUT2D eigenvalue weighted by Gasteiger charge is -2.59. The maximum absolute atomic E-state index is 13.1. The van der Waals surface area contributed by atoms with Crippen LogP contribution in [0.3, 0.4) is 0 Å². The first-order valence-electron chi connectivity index (χ1n) is 9.79. The summed E-state index contributed by atoms with van der Waals surface area (Å²) in [6.45, 7) is 8.32. The molecule has 2 unspecified atom stereocenters. The predicted molar refractivity (Wildman–Crippen MR) is 105 cm³/mol. The number of nitrogens with zero attached hydrogens (tertiary/aromatic N) is 2. The van der Waals surface area contributed by atoms with E-state index in [2.05, 4.69) is 50.1 Å². The Labute approximate surface area is 157 Å². The molecule has 144 valence electrons. The van der Waals surface area contributed by atoms with Gasteiger partial charge in [-0.2, -0.15) is 0 Å². The number of piperidine rings is 1. The van der Waals surface area contributed by atoms with Gasteiger partial charge in [-0.25, -0.2) is 0 Å². The molecular formula is C21H33N3O2. The maximum atomic E-state index is 13.1. The number of likely N-dealkylation sites (tertiary alicyclic amines) is 1. The highest BCUT2D eigenvalue weighted by Crippen LogP contribution is 2.50. The van der Waals surface area contributed by atoms with Gasteiger partial charge >= 0.3 is 0 Å². The van der Waals surface area contributed by atoms with Gasteiger partial charge in [0.25, 0.3) is 0 Å².